The van der Waals surface area contributed by atoms with Crippen LogP contribution in [0.2, 0.25) is 0 Å². The summed E-state index contributed by atoms with van der Waals surface area (Å²) in [5.74, 6) is 0.879. The maximum absolute atomic E-state index is 12.2. The number of nitrogens with zero attached hydrogens (tertiary/aromatic N) is 1. The molecule has 0 bridgehead atoms. The Kier molecular flexibility index (Phi) is 7.79. The van der Waals surface area contributed by atoms with E-state index in [1.54, 1.807) is 11.8 Å². The molecule has 0 atom stereocenters. The van der Waals surface area contributed by atoms with E-state index in [0.717, 1.165) is 17.7 Å². The van der Waals surface area contributed by atoms with E-state index in [1.807, 2.05) is 24.3 Å². The second kappa shape index (κ2) is 9.33. The van der Waals surface area contributed by atoms with Crippen molar-refractivity contribution in [3.05, 3.63) is 29.8 Å². The molecule has 0 aliphatic rings. The molecule has 23 heavy (non-hydrogen) atoms. The Bertz CT molecular complexity index is 524. The van der Waals surface area contributed by atoms with Crippen molar-refractivity contribution in [3.8, 4) is 0 Å². The number of benzene rings is 1. The zero-order chi connectivity index (χ0) is 17.4. The number of carbonyl (C=O) groups is 2. The van der Waals surface area contributed by atoms with E-state index in [4.69, 9.17) is 0 Å². The molecule has 4 nitrogen and oxygen atoms in total. The van der Waals surface area contributed by atoms with Crippen LogP contribution in [0.1, 0.15) is 58.9 Å². The third-order valence-corrected chi connectivity index (χ3v) is 3.89. The van der Waals surface area contributed by atoms with Crippen LogP contribution < -0.4 is 5.32 Å². The lowest BCUT2D eigenvalue weighted by molar-refractivity contribution is -0.129. The molecule has 0 heterocycles. The van der Waals surface area contributed by atoms with Crippen LogP contribution in [0.15, 0.2) is 24.3 Å². The molecule has 1 aromatic rings. The van der Waals surface area contributed by atoms with Crippen LogP contribution in [0.3, 0.4) is 0 Å². The van der Waals surface area contributed by atoms with Crippen molar-refractivity contribution in [1.29, 1.82) is 0 Å². The first-order chi connectivity index (χ1) is 10.8. The summed E-state index contributed by atoms with van der Waals surface area (Å²) in [6, 6.07) is 7.86. The summed E-state index contributed by atoms with van der Waals surface area (Å²) in [5, 5.41) is 2.97. The van der Waals surface area contributed by atoms with Gasteiger partial charge in [0.05, 0.1) is 0 Å². The second-order valence-corrected chi connectivity index (χ2v) is 6.73. The van der Waals surface area contributed by atoms with E-state index in [-0.39, 0.29) is 11.8 Å². The molecule has 0 saturated heterocycles. The average Bonchev–Trinajstić information content (AvgIpc) is 2.46. The zero-order valence-corrected chi connectivity index (χ0v) is 15.1. The third-order valence-electron chi connectivity index (χ3n) is 3.89. The lowest BCUT2D eigenvalue weighted by Gasteiger charge is -2.22. The van der Waals surface area contributed by atoms with Crippen LogP contribution in [0.25, 0.3) is 0 Å². The highest BCUT2D eigenvalue weighted by Crippen LogP contribution is 2.23. The molecule has 1 rings (SSSR count). The molecule has 128 valence electrons. The smallest absolute Gasteiger partial charge is 0.226 e. The first-order valence-corrected chi connectivity index (χ1v) is 8.45. The Hall–Kier alpha value is -1.84. The van der Waals surface area contributed by atoms with E-state index in [1.165, 1.54) is 0 Å². The summed E-state index contributed by atoms with van der Waals surface area (Å²) >= 11 is 0. The zero-order valence-electron chi connectivity index (χ0n) is 15.1. The van der Waals surface area contributed by atoms with Crippen molar-refractivity contribution in [2.24, 2.45) is 5.92 Å². The summed E-state index contributed by atoms with van der Waals surface area (Å²) in [6.45, 7) is 11.2. The lowest BCUT2D eigenvalue weighted by atomic mass is 10.0. The van der Waals surface area contributed by atoms with Gasteiger partial charge in [0.1, 0.15) is 0 Å². The van der Waals surface area contributed by atoms with Gasteiger partial charge in [-0.25, -0.2) is 0 Å². The Morgan fingerprint density at radius 3 is 2.30 bits per heavy atom. The molecule has 0 aromatic heterocycles. The van der Waals surface area contributed by atoms with Crippen molar-refractivity contribution in [2.75, 3.05) is 18.4 Å². The van der Waals surface area contributed by atoms with Gasteiger partial charge in [0.15, 0.2) is 0 Å². The number of rotatable bonds is 8. The number of hydrogen-bond acceptors (Lipinski definition) is 2. The minimum atomic E-state index is -0.0473. The Labute approximate surface area is 140 Å². The fraction of sp³-hybridized carbons (Fsp3) is 0.579. The van der Waals surface area contributed by atoms with Gasteiger partial charge in [-0.2, -0.15) is 0 Å². The second-order valence-electron chi connectivity index (χ2n) is 6.73. The highest BCUT2D eigenvalue weighted by Gasteiger charge is 2.13. The van der Waals surface area contributed by atoms with Gasteiger partial charge in [0, 0.05) is 32.1 Å². The van der Waals surface area contributed by atoms with Gasteiger partial charge in [0.2, 0.25) is 11.8 Å². The summed E-state index contributed by atoms with van der Waals surface area (Å²) in [4.78, 5) is 25.6. The van der Waals surface area contributed by atoms with Crippen LogP contribution in [0.5, 0.6) is 0 Å². The van der Waals surface area contributed by atoms with Crippen LogP contribution in [0.4, 0.5) is 5.69 Å². The van der Waals surface area contributed by atoms with E-state index in [0.29, 0.717) is 31.3 Å². The van der Waals surface area contributed by atoms with Crippen LogP contribution in [-0.2, 0) is 9.59 Å². The summed E-state index contributed by atoms with van der Waals surface area (Å²) in [7, 11) is 0. The number of nitrogens with one attached hydrogen (secondary N) is 1. The van der Waals surface area contributed by atoms with Crippen molar-refractivity contribution in [2.45, 2.75) is 53.4 Å². The molecule has 0 saturated carbocycles. The Morgan fingerprint density at radius 1 is 1.09 bits per heavy atom. The number of hydrogen-bond donors (Lipinski definition) is 1. The highest BCUT2D eigenvalue weighted by atomic mass is 16.2. The lowest BCUT2D eigenvalue weighted by Crippen LogP contribution is -2.33. The van der Waals surface area contributed by atoms with E-state index in [9.17, 15) is 9.59 Å². The van der Waals surface area contributed by atoms with Gasteiger partial charge in [-0.3, -0.25) is 9.59 Å². The van der Waals surface area contributed by atoms with Gasteiger partial charge in [-0.1, -0.05) is 45.9 Å². The van der Waals surface area contributed by atoms with Crippen LogP contribution >= 0.6 is 0 Å². The molecule has 0 spiro atoms. The fourth-order valence-electron chi connectivity index (χ4n) is 2.40. The minimum Gasteiger partial charge on any atom is -0.342 e. The van der Waals surface area contributed by atoms with Crippen molar-refractivity contribution in [3.63, 3.8) is 0 Å². The summed E-state index contributed by atoms with van der Waals surface area (Å²) in [6.07, 6.45) is 1.28. The Balaban J connectivity index is 2.57. The SMILES string of the molecule is CC(=O)N(CCC(=O)Nc1ccccc1C(C)C)CCC(C)C. The molecular formula is C19H30N2O2. The molecule has 0 aliphatic heterocycles. The van der Waals surface area contributed by atoms with E-state index in [2.05, 4.69) is 33.0 Å². The van der Waals surface area contributed by atoms with Crippen molar-refractivity contribution >= 4 is 17.5 Å². The normalized spacial score (nSPS) is 10.9. The largest absolute Gasteiger partial charge is 0.342 e. The molecule has 2 amide bonds. The average molecular weight is 318 g/mol. The first kappa shape index (κ1) is 19.2. The standard InChI is InChI=1S/C19H30N2O2/c1-14(2)10-12-21(16(5)22)13-11-19(23)20-18-9-7-6-8-17(18)15(3)4/h6-9,14-15H,10-13H2,1-5H3,(H,20,23). The maximum Gasteiger partial charge on any atom is 0.226 e. The maximum atomic E-state index is 12.2. The van der Waals surface area contributed by atoms with Gasteiger partial charge in [0.25, 0.3) is 0 Å². The monoisotopic (exact) mass is 318 g/mol. The van der Waals surface area contributed by atoms with Crippen LogP contribution in [-0.4, -0.2) is 29.8 Å². The van der Waals surface area contributed by atoms with E-state index < -0.39 is 0 Å². The third kappa shape index (κ3) is 6.85. The van der Waals surface area contributed by atoms with Crippen molar-refractivity contribution < 1.29 is 9.59 Å². The molecule has 1 N–H and O–H groups in total. The minimum absolute atomic E-state index is 0.0287. The van der Waals surface area contributed by atoms with Gasteiger partial charge >= 0.3 is 0 Å². The number of para-hydroxylation sites is 1. The van der Waals surface area contributed by atoms with Gasteiger partial charge in [-0.05, 0) is 29.9 Å². The molecule has 0 aliphatic carbocycles. The molecule has 0 fully saturated rings. The van der Waals surface area contributed by atoms with E-state index >= 15 is 0 Å². The molecule has 0 radical (unpaired) electrons. The summed E-state index contributed by atoms with van der Waals surface area (Å²) < 4.78 is 0. The van der Waals surface area contributed by atoms with Crippen LogP contribution in [0, 0.1) is 5.92 Å². The molecule has 1 aromatic carbocycles. The molecule has 4 heteroatoms. The number of carbonyl (C=O) groups excluding carboxylic acids is 2. The van der Waals surface area contributed by atoms with Gasteiger partial charge in [-0.15, -0.1) is 0 Å². The number of anilines is 1. The fourth-order valence-corrected chi connectivity index (χ4v) is 2.40. The molecule has 0 unspecified atom stereocenters. The first-order valence-electron chi connectivity index (χ1n) is 8.45. The quantitative estimate of drug-likeness (QED) is 0.786. The predicted molar refractivity (Wildman–Crippen MR) is 95.5 cm³/mol. The molecular weight excluding hydrogens is 288 g/mol. The van der Waals surface area contributed by atoms with Gasteiger partial charge < -0.3 is 10.2 Å². The summed E-state index contributed by atoms with van der Waals surface area (Å²) in [5.41, 5.74) is 1.99. The topological polar surface area (TPSA) is 49.4 Å². The Morgan fingerprint density at radius 2 is 1.74 bits per heavy atom. The number of amides is 2. The highest BCUT2D eigenvalue weighted by molar-refractivity contribution is 5.92. The predicted octanol–water partition coefficient (Wildman–Crippen LogP) is 4.03. The van der Waals surface area contributed by atoms with Crippen molar-refractivity contribution in [1.82, 2.24) is 4.90 Å².